The average Bonchev–Trinajstić information content (AvgIpc) is 2.61. The lowest BCUT2D eigenvalue weighted by molar-refractivity contribution is 0.289. The molecule has 0 saturated heterocycles. The summed E-state index contributed by atoms with van der Waals surface area (Å²) in [5, 5.41) is 0.600. The van der Waals surface area contributed by atoms with Crippen molar-refractivity contribution < 1.29 is 4.74 Å². The van der Waals surface area contributed by atoms with Crippen LogP contribution in [0.25, 0.3) is 23.1 Å². The van der Waals surface area contributed by atoms with Crippen molar-refractivity contribution >= 4 is 23.1 Å². The topological polar surface area (TPSA) is 55.0 Å². The largest absolute Gasteiger partial charge is 0.494 e. The van der Waals surface area contributed by atoms with E-state index in [-0.39, 0.29) is 5.56 Å². The second kappa shape index (κ2) is 7.79. The summed E-state index contributed by atoms with van der Waals surface area (Å²) in [4.78, 5) is 19.3. The standard InChI is InChI=1S/C21H22N2O2/c1-15(2)13-14-25-17-10-7-16(8-11-17)9-12-20-22-19-6-4-3-5-18(19)21(24)23-20/h3-12,15H,13-14H2,1-2H3,(H,22,23,24)/b12-9+. The van der Waals surface area contributed by atoms with E-state index in [0.29, 0.717) is 22.6 Å². The predicted molar refractivity (Wildman–Crippen MR) is 103 cm³/mol. The van der Waals surface area contributed by atoms with Crippen molar-refractivity contribution in [1.82, 2.24) is 9.97 Å². The zero-order valence-electron chi connectivity index (χ0n) is 14.5. The summed E-state index contributed by atoms with van der Waals surface area (Å²) in [6.07, 6.45) is 4.77. The van der Waals surface area contributed by atoms with Gasteiger partial charge in [0.2, 0.25) is 0 Å². The smallest absolute Gasteiger partial charge is 0.259 e. The molecular formula is C21H22N2O2. The van der Waals surface area contributed by atoms with E-state index in [2.05, 4.69) is 23.8 Å². The first-order chi connectivity index (χ1) is 12.1. The molecule has 3 rings (SSSR count). The van der Waals surface area contributed by atoms with Gasteiger partial charge in [0.05, 0.1) is 17.5 Å². The Morgan fingerprint density at radius 2 is 1.84 bits per heavy atom. The van der Waals surface area contributed by atoms with Crippen LogP contribution >= 0.6 is 0 Å². The lowest BCUT2D eigenvalue weighted by atomic mass is 10.1. The number of hydrogen-bond donors (Lipinski definition) is 1. The molecule has 2 aromatic carbocycles. The maximum Gasteiger partial charge on any atom is 0.259 e. The summed E-state index contributed by atoms with van der Waals surface area (Å²) in [5.74, 6) is 2.05. The molecular weight excluding hydrogens is 312 g/mol. The van der Waals surface area contributed by atoms with E-state index in [4.69, 9.17) is 4.74 Å². The van der Waals surface area contributed by atoms with E-state index in [1.54, 1.807) is 6.07 Å². The first-order valence-electron chi connectivity index (χ1n) is 8.52. The third-order valence-corrected chi connectivity index (χ3v) is 3.91. The van der Waals surface area contributed by atoms with Gasteiger partial charge in [-0.25, -0.2) is 4.98 Å². The molecule has 1 N–H and O–H groups in total. The van der Waals surface area contributed by atoms with Gasteiger partial charge in [-0.15, -0.1) is 0 Å². The Bertz CT molecular complexity index is 925. The third-order valence-electron chi connectivity index (χ3n) is 3.91. The molecule has 1 heterocycles. The minimum Gasteiger partial charge on any atom is -0.494 e. The number of aromatic amines is 1. The molecule has 0 saturated carbocycles. The summed E-state index contributed by atoms with van der Waals surface area (Å²) in [7, 11) is 0. The maximum atomic E-state index is 12.1. The van der Waals surface area contributed by atoms with E-state index < -0.39 is 0 Å². The molecule has 0 aliphatic heterocycles. The summed E-state index contributed by atoms with van der Waals surface area (Å²) in [6.45, 7) is 5.10. The quantitative estimate of drug-likeness (QED) is 0.721. The minimum absolute atomic E-state index is 0.126. The van der Waals surface area contributed by atoms with Crippen molar-refractivity contribution in [1.29, 1.82) is 0 Å². The third kappa shape index (κ3) is 4.57. The van der Waals surface area contributed by atoms with Crippen molar-refractivity contribution in [2.45, 2.75) is 20.3 Å². The number of fused-ring (bicyclic) bond motifs is 1. The van der Waals surface area contributed by atoms with Crippen molar-refractivity contribution in [2.75, 3.05) is 6.61 Å². The molecule has 0 bridgehead atoms. The average molecular weight is 334 g/mol. The first-order valence-corrected chi connectivity index (χ1v) is 8.52. The molecule has 0 aliphatic rings. The van der Waals surface area contributed by atoms with Crippen LogP contribution in [0, 0.1) is 5.92 Å². The maximum absolute atomic E-state index is 12.1. The molecule has 0 atom stereocenters. The van der Waals surface area contributed by atoms with Crippen molar-refractivity contribution in [3.63, 3.8) is 0 Å². The lowest BCUT2D eigenvalue weighted by Crippen LogP contribution is -2.09. The van der Waals surface area contributed by atoms with Gasteiger partial charge in [0.1, 0.15) is 11.6 Å². The fraction of sp³-hybridized carbons (Fsp3) is 0.238. The predicted octanol–water partition coefficient (Wildman–Crippen LogP) is 4.52. The van der Waals surface area contributed by atoms with Gasteiger partial charge >= 0.3 is 0 Å². The highest BCUT2D eigenvalue weighted by Gasteiger charge is 2.01. The number of ether oxygens (including phenoxy) is 1. The van der Waals surface area contributed by atoms with Crippen LogP contribution < -0.4 is 10.3 Å². The second-order valence-corrected chi connectivity index (χ2v) is 6.40. The lowest BCUT2D eigenvalue weighted by Gasteiger charge is -2.08. The molecule has 0 fully saturated rings. The normalized spacial score (nSPS) is 11.5. The van der Waals surface area contributed by atoms with Gasteiger partial charge in [-0.1, -0.05) is 44.2 Å². The summed E-state index contributed by atoms with van der Waals surface area (Å²) < 4.78 is 5.71. The summed E-state index contributed by atoms with van der Waals surface area (Å²) in [5.41, 5.74) is 1.59. The summed E-state index contributed by atoms with van der Waals surface area (Å²) in [6, 6.07) is 15.2. The van der Waals surface area contributed by atoms with Gasteiger partial charge in [-0.2, -0.15) is 0 Å². The van der Waals surface area contributed by atoms with Crippen molar-refractivity contribution in [3.05, 3.63) is 70.3 Å². The Hall–Kier alpha value is -2.88. The molecule has 1 aromatic heterocycles. The Balaban J connectivity index is 1.70. The Labute approximate surface area is 147 Å². The highest BCUT2D eigenvalue weighted by Crippen LogP contribution is 2.15. The van der Waals surface area contributed by atoms with E-state index in [1.165, 1.54) is 0 Å². The number of rotatable bonds is 6. The molecule has 0 spiro atoms. The molecule has 0 radical (unpaired) electrons. The van der Waals surface area contributed by atoms with Crippen LogP contribution in [0.2, 0.25) is 0 Å². The molecule has 0 unspecified atom stereocenters. The van der Waals surface area contributed by atoms with E-state index >= 15 is 0 Å². The van der Waals surface area contributed by atoms with Gasteiger partial charge in [-0.3, -0.25) is 4.79 Å². The molecule has 3 aromatic rings. The number of hydrogen-bond acceptors (Lipinski definition) is 3. The number of H-pyrrole nitrogens is 1. The SMILES string of the molecule is CC(C)CCOc1ccc(/C=C/c2nc3ccccc3c(=O)[nH]2)cc1. The van der Waals surface area contributed by atoms with Gasteiger partial charge in [0.15, 0.2) is 0 Å². The molecule has 4 heteroatoms. The Morgan fingerprint density at radius 3 is 2.60 bits per heavy atom. The van der Waals surface area contributed by atoms with Crippen LogP contribution in [0.1, 0.15) is 31.7 Å². The van der Waals surface area contributed by atoms with Gasteiger partial charge in [-0.05, 0) is 48.2 Å². The molecule has 4 nitrogen and oxygen atoms in total. The molecule has 0 aliphatic carbocycles. The summed E-state index contributed by atoms with van der Waals surface area (Å²) >= 11 is 0. The van der Waals surface area contributed by atoms with Crippen molar-refractivity contribution in [2.24, 2.45) is 5.92 Å². The van der Waals surface area contributed by atoms with Crippen LogP contribution in [0.5, 0.6) is 5.75 Å². The van der Waals surface area contributed by atoms with E-state index in [9.17, 15) is 4.79 Å². The molecule has 128 valence electrons. The molecule has 0 amide bonds. The number of nitrogens with zero attached hydrogens (tertiary/aromatic N) is 1. The van der Waals surface area contributed by atoms with Crippen LogP contribution in [-0.2, 0) is 0 Å². The molecule has 25 heavy (non-hydrogen) atoms. The zero-order valence-corrected chi connectivity index (χ0v) is 14.5. The first kappa shape index (κ1) is 17.0. The van der Waals surface area contributed by atoms with Gasteiger partial charge in [0, 0.05) is 0 Å². The highest BCUT2D eigenvalue weighted by molar-refractivity contribution is 5.79. The number of para-hydroxylation sites is 1. The highest BCUT2D eigenvalue weighted by atomic mass is 16.5. The number of nitrogens with one attached hydrogen (secondary N) is 1. The van der Waals surface area contributed by atoms with Crippen LogP contribution in [0.15, 0.2) is 53.3 Å². The van der Waals surface area contributed by atoms with Crippen LogP contribution in [0.3, 0.4) is 0 Å². The second-order valence-electron chi connectivity index (χ2n) is 6.40. The van der Waals surface area contributed by atoms with Crippen LogP contribution in [0.4, 0.5) is 0 Å². The Kier molecular flexibility index (Phi) is 5.29. The van der Waals surface area contributed by atoms with E-state index in [0.717, 1.165) is 24.3 Å². The number of aromatic nitrogens is 2. The van der Waals surface area contributed by atoms with Crippen molar-refractivity contribution in [3.8, 4) is 5.75 Å². The van der Waals surface area contributed by atoms with Crippen LogP contribution in [-0.4, -0.2) is 16.6 Å². The minimum atomic E-state index is -0.126. The van der Waals surface area contributed by atoms with Gasteiger partial charge < -0.3 is 9.72 Å². The Morgan fingerprint density at radius 1 is 1.08 bits per heavy atom. The monoisotopic (exact) mass is 334 g/mol. The zero-order chi connectivity index (χ0) is 17.6. The fourth-order valence-corrected chi connectivity index (χ4v) is 2.45. The fourth-order valence-electron chi connectivity index (χ4n) is 2.45. The van der Waals surface area contributed by atoms with Gasteiger partial charge in [0.25, 0.3) is 5.56 Å². The van der Waals surface area contributed by atoms with E-state index in [1.807, 2.05) is 54.6 Å². The number of benzene rings is 2.